The van der Waals surface area contributed by atoms with E-state index in [2.05, 4.69) is 60.1 Å². The molecule has 1 aliphatic rings. The lowest BCUT2D eigenvalue weighted by atomic mass is 10.0. The lowest BCUT2D eigenvalue weighted by Gasteiger charge is -2.34. The molecule has 274 valence electrons. The lowest BCUT2D eigenvalue weighted by Crippen LogP contribution is -2.47. The number of ether oxygens (including phenoxy) is 3. The molecule has 0 N–H and O–H groups in total. The molecule has 1 amide bonds. The fraction of sp³-hybridized carbons (Fsp3) is 0.256. The zero-order chi connectivity index (χ0) is 37.2. The van der Waals surface area contributed by atoms with Gasteiger partial charge in [0.1, 0.15) is 18.1 Å². The minimum Gasteiger partial charge on any atom is -0.493 e. The van der Waals surface area contributed by atoms with Crippen LogP contribution < -0.4 is 14.2 Å². The number of pyridine rings is 1. The van der Waals surface area contributed by atoms with Crippen molar-refractivity contribution in [2.24, 2.45) is 0 Å². The molecule has 4 aromatic carbocycles. The van der Waals surface area contributed by atoms with E-state index >= 15 is 0 Å². The first-order valence-electron chi connectivity index (χ1n) is 17.7. The Labute approximate surface area is 308 Å². The van der Waals surface area contributed by atoms with E-state index in [1.54, 1.807) is 17.0 Å². The standard InChI is InChI=1S/C43H42F3N3O4/c1-30(2)34-12-6-31(7-13-34)20-25-51-36-14-8-33(9-15-36)28-48-21-23-49(24-22-48)42(50)19-11-32-10-17-40(39(45)26-32)53-41-18-16-37(27-47-41)52-29-35-4-3-5-38(44)43(35)46/h3-19,26-27,30H,20-25,28-29H2,1-2H3/b19-11+. The number of amides is 1. The first kappa shape index (κ1) is 37.2. The van der Waals surface area contributed by atoms with Gasteiger partial charge in [0.2, 0.25) is 11.8 Å². The Hall–Kier alpha value is -5.61. The van der Waals surface area contributed by atoms with Gasteiger partial charge >= 0.3 is 0 Å². The molecular weight excluding hydrogens is 679 g/mol. The third-order valence-electron chi connectivity index (χ3n) is 9.04. The monoisotopic (exact) mass is 721 g/mol. The molecule has 0 atom stereocenters. The van der Waals surface area contributed by atoms with Gasteiger partial charge in [0, 0.05) is 56.9 Å². The first-order valence-corrected chi connectivity index (χ1v) is 17.7. The van der Waals surface area contributed by atoms with Crippen LogP contribution in [-0.4, -0.2) is 53.5 Å². The van der Waals surface area contributed by atoms with E-state index in [4.69, 9.17) is 14.2 Å². The van der Waals surface area contributed by atoms with Crippen molar-refractivity contribution in [3.63, 3.8) is 0 Å². The minimum absolute atomic E-state index is 0.0435. The van der Waals surface area contributed by atoms with Crippen molar-refractivity contribution in [2.75, 3.05) is 32.8 Å². The molecule has 0 unspecified atom stereocenters. The number of carbonyl (C=O) groups is 1. The molecule has 0 saturated carbocycles. The van der Waals surface area contributed by atoms with E-state index in [9.17, 15) is 18.0 Å². The van der Waals surface area contributed by atoms with Crippen molar-refractivity contribution in [2.45, 2.75) is 39.3 Å². The second-order valence-electron chi connectivity index (χ2n) is 13.2. The summed E-state index contributed by atoms with van der Waals surface area (Å²) in [5, 5.41) is 0. The van der Waals surface area contributed by atoms with Gasteiger partial charge in [0.15, 0.2) is 23.2 Å². The van der Waals surface area contributed by atoms with Crippen molar-refractivity contribution >= 4 is 12.0 Å². The topological polar surface area (TPSA) is 64.1 Å². The van der Waals surface area contributed by atoms with Gasteiger partial charge in [0.25, 0.3) is 0 Å². The fourth-order valence-corrected chi connectivity index (χ4v) is 5.85. The summed E-state index contributed by atoms with van der Waals surface area (Å²) >= 11 is 0. The number of rotatable bonds is 14. The second kappa shape index (κ2) is 17.7. The SMILES string of the molecule is CC(C)c1ccc(CCOc2ccc(CN3CCN(C(=O)/C=C/c4ccc(Oc5ccc(OCc6cccc(F)c6F)cn5)c(F)c4)CC3)cc2)cc1. The van der Waals surface area contributed by atoms with Crippen LogP contribution >= 0.6 is 0 Å². The van der Waals surface area contributed by atoms with Crippen LogP contribution in [0.25, 0.3) is 6.08 Å². The van der Waals surface area contributed by atoms with E-state index < -0.39 is 17.5 Å². The highest BCUT2D eigenvalue weighted by Gasteiger charge is 2.20. The summed E-state index contributed by atoms with van der Waals surface area (Å²) in [7, 11) is 0. The van der Waals surface area contributed by atoms with Crippen LogP contribution in [0.15, 0.2) is 109 Å². The molecule has 7 nitrogen and oxygen atoms in total. The van der Waals surface area contributed by atoms with Crippen molar-refractivity contribution < 1.29 is 32.2 Å². The third kappa shape index (κ3) is 10.5. The maximum absolute atomic E-state index is 14.9. The smallest absolute Gasteiger partial charge is 0.246 e. The van der Waals surface area contributed by atoms with Crippen LogP contribution in [0.1, 0.15) is 47.6 Å². The molecule has 1 aromatic heterocycles. The Balaban J connectivity index is 0.907. The molecule has 10 heteroatoms. The van der Waals surface area contributed by atoms with E-state index in [1.807, 2.05) is 12.1 Å². The Morgan fingerprint density at radius 1 is 0.811 bits per heavy atom. The van der Waals surface area contributed by atoms with Crippen molar-refractivity contribution in [3.8, 4) is 23.1 Å². The largest absolute Gasteiger partial charge is 0.493 e. The van der Waals surface area contributed by atoms with Gasteiger partial charge in [0.05, 0.1) is 12.8 Å². The number of nitrogens with zero attached hydrogens (tertiary/aromatic N) is 3. The van der Waals surface area contributed by atoms with E-state index in [-0.39, 0.29) is 29.7 Å². The van der Waals surface area contributed by atoms with Gasteiger partial charge in [-0.15, -0.1) is 0 Å². The predicted octanol–water partition coefficient (Wildman–Crippen LogP) is 8.97. The van der Waals surface area contributed by atoms with Gasteiger partial charge in [-0.2, -0.15) is 0 Å². The number of piperazine rings is 1. The summed E-state index contributed by atoms with van der Waals surface area (Å²) in [5.74, 6) is -0.911. The van der Waals surface area contributed by atoms with Gasteiger partial charge in [-0.25, -0.2) is 18.2 Å². The summed E-state index contributed by atoms with van der Waals surface area (Å²) in [6, 6.07) is 28.2. The molecule has 5 aromatic rings. The van der Waals surface area contributed by atoms with E-state index in [1.165, 1.54) is 65.4 Å². The number of halogens is 3. The fourth-order valence-electron chi connectivity index (χ4n) is 5.85. The van der Waals surface area contributed by atoms with Crippen LogP contribution in [0, 0.1) is 17.5 Å². The second-order valence-corrected chi connectivity index (χ2v) is 13.2. The molecule has 1 saturated heterocycles. The quantitative estimate of drug-likeness (QED) is 0.107. The van der Waals surface area contributed by atoms with Gasteiger partial charge in [-0.05, 0) is 70.6 Å². The number of benzene rings is 4. The number of hydrogen-bond acceptors (Lipinski definition) is 6. The lowest BCUT2D eigenvalue weighted by molar-refractivity contribution is -0.127. The maximum Gasteiger partial charge on any atom is 0.246 e. The average molecular weight is 722 g/mol. The Morgan fingerprint density at radius 3 is 2.25 bits per heavy atom. The predicted molar refractivity (Wildman–Crippen MR) is 198 cm³/mol. The number of aromatic nitrogens is 1. The molecule has 2 heterocycles. The highest BCUT2D eigenvalue weighted by Crippen LogP contribution is 2.26. The Morgan fingerprint density at radius 2 is 1.55 bits per heavy atom. The summed E-state index contributed by atoms with van der Waals surface area (Å²) in [6.45, 7) is 8.32. The van der Waals surface area contributed by atoms with Crippen LogP contribution in [0.4, 0.5) is 13.2 Å². The van der Waals surface area contributed by atoms with Crippen LogP contribution in [0.5, 0.6) is 23.1 Å². The summed E-state index contributed by atoms with van der Waals surface area (Å²) < 4.78 is 59.2. The average Bonchev–Trinajstić information content (AvgIpc) is 3.17. The molecule has 0 bridgehead atoms. The maximum atomic E-state index is 14.9. The molecule has 0 aliphatic carbocycles. The Kier molecular flexibility index (Phi) is 12.4. The summed E-state index contributed by atoms with van der Waals surface area (Å²) in [6.07, 6.45) is 5.24. The van der Waals surface area contributed by atoms with Gasteiger partial charge in [-0.3, -0.25) is 9.69 Å². The third-order valence-corrected chi connectivity index (χ3v) is 9.04. The number of hydrogen-bond donors (Lipinski definition) is 0. The molecule has 1 aliphatic heterocycles. The molecule has 1 fully saturated rings. The van der Waals surface area contributed by atoms with Crippen molar-refractivity contribution in [1.82, 2.24) is 14.8 Å². The highest BCUT2D eigenvalue weighted by molar-refractivity contribution is 5.91. The van der Waals surface area contributed by atoms with Crippen molar-refractivity contribution in [3.05, 3.63) is 155 Å². The molecular formula is C43H42F3N3O4. The van der Waals surface area contributed by atoms with Crippen LogP contribution in [0.2, 0.25) is 0 Å². The summed E-state index contributed by atoms with van der Waals surface area (Å²) in [4.78, 5) is 21.1. The Bertz CT molecular complexity index is 1990. The molecule has 53 heavy (non-hydrogen) atoms. The van der Waals surface area contributed by atoms with Crippen molar-refractivity contribution in [1.29, 1.82) is 0 Å². The van der Waals surface area contributed by atoms with E-state index in [0.29, 0.717) is 36.9 Å². The highest BCUT2D eigenvalue weighted by atomic mass is 19.2. The van der Waals surface area contributed by atoms with Gasteiger partial charge in [-0.1, -0.05) is 68.4 Å². The first-order chi connectivity index (χ1) is 25.7. The summed E-state index contributed by atoms with van der Waals surface area (Å²) in [5.41, 5.74) is 4.37. The molecule has 0 radical (unpaired) electrons. The molecule has 0 spiro atoms. The van der Waals surface area contributed by atoms with Crippen LogP contribution in [0.3, 0.4) is 0 Å². The zero-order valence-corrected chi connectivity index (χ0v) is 29.8. The van der Waals surface area contributed by atoms with E-state index in [0.717, 1.165) is 37.9 Å². The van der Waals surface area contributed by atoms with Gasteiger partial charge < -0.3 is 19.1 Å². The minimum atomic E-state index is -0.966. The zero-order valence-electron chi connectivity index (χ0n) is 29.8. The number of carbonyl (C=O) groups excluding carboxylic acids is 1. The molecule has 6 rings (SSSR count). The normalized spacial score (nSPS) is 13.4. The van der Waals surface area contributed by atoms with Crippen LogP contribution in [-0.2, 0) is 24.4 Å².